The summed E-state index contributed by atoms with van der Waals surface area (Å²) in [5.74, 6) is -0.899. The molecule has 1 aromatic rings. The maximum absolute atomic E-state index is 10.1. The van der Waals surface area contributed by atoms with E-state index in [0.717, 1.165) is 0 Å². The van der Waals surface area contributed by atoms with E-state index < -0.39 is 5.97 Å². The van der Waals surface area contributed by atoms with Gasteiger partial charge in [0.2, 0.25) is 0 Å². The minimum atomic E-state index is -0.899. The smallest absolute Gasteiger partial charge is 0.317 e. The van der Waals surface area contributed by atoms with Crippen molar-refractivity contribution >= 4 is 5.97 Å². The summed E-state index contributed by atoms with van der Waals surface area (Å²) in [5.41, 5.74) is 1.31. The third-order valence-electron chi connectivity index (χ3n) is 1.32. The van der Waals surface area contributed by atoms with Gasteiger partial charge in [0, 0.05) is 6.54 Å². The van der Waals surface area contributed by atoms with E-state index >= 15 is 0 Å². The topological polar surface area (TPSA) is 88.3 Å². The summed E-state index contributed by atoms with van der Waals surface area (Å²) < 4.78 is 4.42. The zero-order chi connectivity index (χ0) is 8.97. The van der Waals surface area contributed by atoms with Crippen LogP contribution in [-0.4, -0.2) is 27.9 Å². The molecule has 0 spiro atoms. The molecule has 0 saturated heterocycles. The first-order valence-corrected chi connectivity index (χ1v) is 3.40. The SMILES string of the molecule is Cc1nonc1CNCC(=O)O. The Morgan fingerprint density at radius 3 is 2.92 bits per heavy atom. The molecule has 12 heavy (non-hydrogen) atoms. The van der Waals surface area contributed by atoms with Gasteiger partial charge in [0.05, 0.1) is 6.54 Å². The Bertz CT molecular complexity index is 271. The second-order valence-electron chi connectivity index (χ2n) is 2.29. The molecule has 66 valence electrons. The Kier molecular flexibility index (Phi) is 2.76. The lowest BCUT2D eigenvalue weighted by Crippen LogP contribution is -2.22. The van der Waals surface area contributed by atoms with Crippen LogP contribution in [0.25, 0.3) is 0 Å². The summed E-state index contributed by atoms with van der Waals surface area (Å²) in [6, 6.07) is 0. The fraction of sp³-hybridized carbons (Fsp3) is 0.500. The first kappa shape index (κ1) is 8.66. The normalized spacial score (nSPS) is 10.1. The molecule has 0 saturated carbocycles. The first-order chi connectivity index (χ1) is 5.70. The van der Waals surface area contributed by atoms with Crippen molar-refractivity contribution in [2.75, 3.05) is 6.54 Å². The number of rotatable bonds is 4. The molecule has 0 fully saturated rings. The molecule has 1 aromatic heterocycles. The predicted molar refractivity (Wildman–Crippen MR) is 38.4 cm³/mol. The highest BCUT2D eigenvalue weighted by atomic mass is 16.6. The van der Waals surface area contributed by atoms with E-state index in [9.17, 15) is 4.79 Å². The van der Waals surface area contributed by atoms with Crippen molar-refractivity contribution in [1.82, 2.24) is 15.6 Å². The van der Waals surface area contributed by atoms with Crippen LogP contribution in [0.1, 0.15) is 11.4 Å². The van der Waals surface area contributed by atoms with E-state index in [2.05, 4.69) is 20.3 Å². The van der Waals surface area contributed by atoms with Gasteiger partial charge in [0.1, 0.15) is 11.4 Å². The van der Waals surface area contributed by atoms with Crippen molar-refractivity contribution in [2.24, 2.45) is 0 Å². The average Bonchev–Trinajstić information content (AvgIpc) is 2.36. The molecule has 2 N–H and O–H groups in total. The second kappa shape index (κ2) is 3.82. The fourth-order valence-corrected chi connectivity index (χ4v) is 0.698. The van der Waals surface area contributed by atoms with Crippen LogP contribution in [0, 0.1) is 6.92 Å². The molecule has 0 aromatic carbocycles. The van der Waals surface area contributed by atoms with E-state index in [0.29, 0.717) is 17.9 Å². The van der Waals surface area contributed by atoms with Crippen LogP contribution in [0.3, 0.4) is 0 Å². The van der Waals surface area contributed by atoms with E-state index in [1.165, 1.54) is 0 Å². The lowest BCUT2D eigenvalue weighted by molar-refractivity contribution is -0.136. The molecule has 0 unspecified atom stereocenters. The number of aliphatic carboxylic acids is 1. The van der Waals surface area contributed by atoms with Gasteiger partial charge in [0.25, 0.3) is 0 Å². The Balaban J connectivity index is 2.33. The molecular weight excluding hydrogens is 162 g/mol. The third kappa shape index (κ3) is 2.31. The Morgan fingerprint density at radius 1 is 1.67 bits per heavy atom. The Morgan fingerprint density at radius 2 is 2.42 bits per heavy atom. The number of nitrogens with one attached hydrogen (secondary N) is 1. The first-order valence-electron chi connectivity index (χ1n) is 3.40. The zero-order valence-corrected chi connectivity index (χ0v) is 6.57. The molecule has 0 radical (unpaired) electrons. The molecule has 6 heteroatoms. The number of carboxylic acid groups (broad SMARTS) is 1. The van der Waals surface area contributed by atoms with Crippen LogP contribution >= 0.6 is 0 Å². The summed E-state index contributed by atoms with van der Waals surface area (Å²) in [6.07, 6.45) is 0. The number of aromatic nitrogens is 2. The van der Waals surface area contributed by atoms with Crippen molar-refractivity contribution in [3.63, 3.8) is 0 Å². The van der Waals surface area contributed by atoms with E-state index in [4.69, 9.17) is 5.11 Å². The number of hydrogen-bond acceptors (Lipinski definition) is 5. The summed E-state index contributed by atoms with van der Waals surface area (Å²) in [6.45, 7) is 2.02. The van der Waals surface area contributed by atoms with Crippen molar-refractivity contribution in [3.05, 3.63) is 11.4 Å². The molecule has 0 aliphatic rings. The second-order valence-corrected chi connectivity index (χ2v) is 2.29. The molecule has 1 heterocycles. The summed E-state index contributed by atoms with van der Waals surface area (Å²) in [5, 5.41) is 18.1. The highest BCUT2D eigenvalue weighted by Crippen LogP contribution is 1.98. The minimum absolute atomic E-state index is 0.0910. The van der Waals surface area contributed by atoms with Crippen LogP contribution in [0.4, 0.5) is 0 Å². The predicted octanol–water partition coefficient (Wildman–Crippen LogP) is -0.448. The van der Waals surface area contributed by atoms with Crippen molar-refractivity contribution in [1.29, 1.82) is 0 Å². The fourth-order valence-electron chi connectivity index (χ4n) is 0.698. The van der Waals surface area contributed by atoms with E-state index in [1.54, 1.807) is 6.92 Å². The summed E-state index contributed by atoms with van der Waals surface area (Å²) >= 11 is 0. The number of hydrogen-bond donors (Lipinski definition) is 2. The molecule has 1 rings (SSSR count). The highest BCUT2D eigenvalue weighted by molar-refractivity contribution is 5.68. The minimum Gasteiger partial charge on any atom is -0.480 e. The van der Waals surface area contributed by atoms with Crippen molar-refractivity contribution in [2.45, 2.75) is 13.5 Å². The van der Waals surface area contributed by atoms with E-state index in [1.807, 2.05) is 0 Å². The van der Waals surface area contributed by atoms with Gasteiger partial charge in [-0.2, -0.15) is 0 Å². The summed E-state index contributed by atoms with van der Waals surface area (Å²) in [7, 11) is 0. The van der Waals surface area contributed by atoms with Gasteiger partial charge in [-0.15, -0.1) is 0 Å². The molecule has 0 aliphatic heterocycles. The van der Waals surface area contributed by atoms with Crippen molar-refractivity contribution < 1.29 is 14.5 Å². The van der Waals surface area contributed by atoms with Gasteiger partial charge < -0.3 is 10.4 Å². The number of aryl methyl sites for hydroxylation is 1. The lowest BCUT2D eigenvalue weighted by Gasteiger charge is -1.96. The number of carbonyl (C=O) groups is 1. The lowest BCUT2D eigenvalue weighted by atomic mass is 10.3. The van der Waals surface area contributed by atoms with Gasteiger partial charge in [-0.1, -0.05) is 10.3 Å². The van der Waals surface area contributed by atoms with Gasteiger partial charge >= 0.3 is 5.97 Å². The van der Waals surface area contributed by atoms with Gasteiger partial charge in [-0.25, -0.2) is 4.63 Å². The van der Waals surface area contributed by atoms with Crippen LogP contribution in [0.5, 0.6) is 0 Å². The molecule has 0 aliphatic carbocycles. The zero-order valence-electron chi connectivity index (χ0n) is 6.57. The molecule has 0 bridgehead atoms. The van der Waals surface area contributed by atoms with E-state index in [-0.39, 0.29) is 6.54 Å². The molecule has 0 atom stereocenters. The standard InChI is InChI=1S/C6H9N3O3/c1-4-5(9-12-8-4)2-7-3-6(10)11/h7H,2-3H2,1H3,(H,10,11). The Hall–Kier alpha value is -1.43. The van der Waals surface area contributed by atoms with Gasteiger partial charge in [-0.05, 0) is 6.92 Å². The van der Waals surface area contributed by atoms with Crippen LogP contribution in [0.2, 0.25) is 0 Å². The average molecular weight is 171 g/mol. The largest absolute Gasteiger partial charge is 0.480 e. The van der Waals surface area contributed by atoms with Crippen molar-refractivity contribution in [3.8, 4) is 0 Å². The maximum Gasteiger partial charge on any atom is 0.317 e. The number of nitrogens with zero attached hydrogens (tertiary/aromatic N) is 2. The maximum atomic E-state index is 10.1. The van der Waals surface area contributed by atoms with Crippen LogP contribution in [0.15, 0.2) is 4.63 Å². The summed E-state index contributed by atoms with van der Waals surface area (Å²) in [4.78, 5) is 10.1. The highest BCUT2D eigenvalue weighted by Gasteiger charge is 2.04. The molecule has 0 amide bonds. The number of carboxylic acids is 1. The van der Waals surface area contributed by atoms with Crippen LogP contribution < -0.4 is 5.32 Å². The molecular formula is C6H9N3O3. The van der Waals surface area contributed by atoms with Crippen LogP contribution in [-0.2, 0) is 11.3 Å². The third-order valence-corrected chi connectivity index (χ3v) is 1.32. The van der Waals surface area contributed by atoms with Gasteiger partial charge in [-0.3, -0.25) is 4.79 Å². The monoisotopic (exact) mass is 171 g/mol. The Labute approximate surface area is 68.5 Å². The van der Waals surface area contributed by atoms with Gasteiger partial charge in [0.15, 0.2) is 0 Å². The molecule has 6 nitrogen and oxygen atoms in total. The quantitative estimate of drug-likeness (QED) is 0.638.